The summed E-state index contributed by atoms with van der Waals surface area (Å²) in [4.78, 5) is 0.594. The van der Waals surface area contributed by atoms with Crippen LogP contribution in [0.25, 0.3) is 0 Å². The van der Waals surface area contributed by atoms with Crippen molar-refractivity contribution in [3.8, 4) is 0 Å². The van der Waals surface area contributed by atoms with Gasteiger partial charge in [0, 0.05) is 9.30 Å². The van der Waals surface area contributed by atoms with Crippen molar-refractivity contribution < 1.29 is 0 Å². The standard InChI is InChI=1S/C12H16Br2/c1-9(2)6-12(14)8-10-4-3-5-11(13)7-10/h3-5,7,9,12H,6,8H2,1-2H3. The lowest BCUT2D eigenvalue weighted by atomic mass is 10.0. The average Bonchev–Trinajstić information content (AvgIpc) is 2.01. The first-order chi connectivity index (χ1) is 6.58. The van der Waals surface area contributed by atoms with Crippen molar-refractivity contribution in [3.05, 3.63) is 34.3 Å². The van der Waals surface area contributed by atoms with Gasteiger partial charge in [-0.1, -0.05) is 57.8 Å². The highest BCUT2D eigenvalue weighted by molar-refractivity contribution is 9.10. The van der Waals surface area contributed by atoms with E-state index in [0.717, 1.165) is 12.3 Å². The van der Waals surface area contributed by atoms with Crippen LogP contribution in [0.4, 0.5) is 0 Å². The van der Waals surface area contributed by atoms with Crippen molar-refractivity contribution >= 4 is 31.9 Å². The Hall–Kier alpha value is 0.180. The van der Waals surface area contributed by atoms with Gasteiger partial charge in [0.25, 0.3) is 0 Å². The highest BCUT2D eigenvalue weighted by Crippen LogP contribution is 2.20. The fraction of sp³-hybridized carbons (Fsp3) is 0.500. The lowest BCUT2D eigenvalue weighted by Gasteiger charge is -2.12. The van der Waals surface area contributed by atoms with Crippen LogP contribution in [0.15, 0.2) is 28.7 Å². The van der Waals surface area contributed by atoms with Crippen LogP contribution in [0.3, 0.4) is 0 Å². The highest BCUT2D eigenvalue weighted by Gasteiger charge is 2.07. The molecule has 0 radical (unpaired) electrons. The minimum atomic E-state index is 0.594. The second-order valence-electron chi connectivity index (χ2n) is 4.06. The monoisotopic (exact) mass is 318 g/mol. The van der Waals surface area contributed by atoms with Crippen molar-refractivity contribution in [2.75, 3.05) is 0 Å². The molecular formula is C12H16Br2. The van der Waals surface area contributed by atoms with Gasteiger partial charge in [-0.25, -0.2) is 0 Å². The number of alkyl halides is 1. The Morgan fingerprint density at radius 2 is 2.00 bits per heavy atom. The third-order valence-electron chi connectivity index (χ3n) is 2.07. The van der Waals surface area contributed by atoms with E-state index >= 15 is 0 Å². The van der Waals surface area contributed by atoms with Crippen LogP contribution in [0.5, 0.6) is 0 Å². The van der Waals surface area contributed by atoms with Crippen molar-refractivity contribution in [1.82, 2.24) is 0 Å². The molecule has 0 aliphatic rings. The molecule has 0 fully saturated rings. The van der Waals surface area contributed by atoms with Gasteiger partial charge in [-0.15, -0.1) is 0 Å². The molecule has 0 heterocycles. The Morgan fingerprint density at radius 1 is 1.29 bits per heavy atom. The predicted octanol–water partition coefficient (Wildman–Crippen LogP) is 4.80. The summed E-state index contributed by atoms with van der Waals surface area (Å²) in [6.07, 6.45) is 2.34. The average molecular weight is 320 g/mol. The fourth-order valence-corrected chi connectivity index (χ4v) is 3.08. The number of benzene rings is 1. The van der Waals surface area contributed by atoms with E-state index in [9.17, 15) is 0 Å². The zero-order chi connectivity index (χ0) is 10.6. The normalized spacial score (nSPS) is 13.2. The third kappa shape index (κ3) is 4.61. The van der Waals surface area contributed by atoms with E-state index < -0.39 is 0 Å². The highest BCUT2D eigenvalue weighted by atomic mass is 79.9. The van der Waals surface area contributed by atoms with E-state index in [4.69, 9.17) is 0 Å². The Labute approximate surface area is 103 Å². The molecular weight excluding hydrogens is 304 g/mol. The van der Waals surface area contributed by atoms with Crippen LogP contribution >= 0.6 is 31.9 Å². The molecule has 0 bridgehead atoms. The van der Waals surface area contributed by atoms with E-state index in [2.05, 4.69) is 70.0 Å². The third-order valence-corrected chi connectivity index (χ3v) is 3.26. The molecule has 0 aromatic heterocycles. The summed E-state index contributed by atoms with van der Waals surface area (Å²) in [7, 11) is 0. The van der Waals surface area contributed by atoms with E-state index in [1.807, 2.05) is 0 Å². The zero-order valence-corrected chi connectivity index (χ0v) is 11.8. The molecule has 0 spiro atoms. The topological polar surface area (TPSA) is 0 Å². The molecule has 0 amide bonds. The van der Waals surface area contributed by atoms with Crippen LogP contribution in [0.2, 0.25) is 0 Å². The number of rotatable bonds is 4. The van der Waals surface area contributed by atoms with Crippen molar-refractivity contribution in [2.24, 2.45) is 5.92 Å². The van der Waals surface area contributed by atoms with Crippen LogP contribution in [0, 0.1) is 5.92 Å². The Kier molecular flexibility index (Phi) is 5.18. The van der Waals surface area contributed by atoms with Gasteiger partial charge in [0.2, 0.25) is 0 Å². The maximum atomic E-state index is 3.72. The number of hydrogen-bond acceptors (Lipinski definition) is 0. The molecule has 1 atom stereocenters. The molecule has 1 rings (SSSR count). The zero-order valence-electron chi connectivity index (χ0n) is 8.63. The summed E-state index contributed by atoms with van der Waals surface area (Å²) in [6, 6.07) is 8.53. The first-order valence-corrected chi connectivity index (χ1v) is 6.67. The molecule has 2 heteroatoms. The molecule has 0 saturated carbocycles. The first-order valence-electron chi connectivity index (χ1n) is 4.96. The maximum absolute atomic E-state index is 3.72. The van der Waals surface area contributed by atoms with Crippen LogP contribution < -0.4 is 0 Å². The molecule has 1 unspecified atom stereocenters. The summed E-state index contributed by atoms with van der Waals surface area (Å²) in [5.74, 6) is 0.756. The fourth-order valence-electron chi connectivity index (χ4n) is 1.51. The number of halogens is 2. The maximum Gasteiger partial charge on any atom is 0.0188 e. The van der Waals surface area contributed by atoms with E-state index in [-0.39, 0.29) is 0 Å². The molecule has 0 nitrogen and oxygen atoms in total. The molecule has 0 N–H and O–H groups in total. The van der Waals surface area contributed by atoms with Gasteiger partial charge >= 0.3 is 0 Å². The van der Waals surface area contributed by atoms with Crippen molar-refractivity contribution in [3.63, 3.8) is 0 Å². The summed E-state index contributed by atoms with van der Waals surface area (Å²) < 4.78 is 1.17. The Bertz CT molecular complexity index is 281. The number of hydrogen-bond donors (Lipinski definition) is 0. The Balaban J connectivity index is 2.51. The molecule has 1 aromatic rings. The van der Waals surface area contributed by atoms with Gasteiger partial charge < -0.3 is 0 Å². The quantitative estimate of drug-likeness (QED) is 0.699. The van der Waals surface area contributed by atoms with Crippen LogP contribution in [-0.4, -0.2) is 4.83 Å². The van der Waals surface area contributed by atoms with Crippen molar-refractivity contribution in [2.45, 2.75) is 31.5 Å². The van der Waals surface area contributed by atoms with Crippen LogP contribution in [0.1, 0.15) is 25.8 Å². The second kappa shape index (κ2) is 5.92. The molecule has 0 aliphatic heterocycles. The van der Waals surface area contributed by atoms with Crippen molar-refractivity contribution in [1.29, 1.82) is 0 Å². The van der Waals surface area contributed by atoms with E-state index in [0.29, 0.717) is 4.83 Å². The van der Waals surface area contributed by atoms with E-state index in [1.54, 1.807) is 0 Å². The lowest BCUT2D eigenvalue weighted by Crippen LogP contribution is -2.06. The largest absolute Gasteiger partial charge is 0.0887 e. The first kappa shape index (κ1) is 12.3. The predicted molar refractivity (Wildman–Crippen MR) is 70.0 cm³/mol. The van der Waals surface area contributed by atoms with Gasteiger partial charge in [-0.05, 0) is 36.5 Å². The molecule has 0 aliphatic carbocycles. The summed E-state index contributed by atoms with van der Waals surface area (Å²) >= 11 is 7.21. The molecule has 1 aromatic carbocycles. The second-order valence-corrected chi connectivity index (χ2v) is 6.27. The molecule has 14 heavy (non-hydrogen) atoms. The van der Waals surface area contributed by atoms with Gasteiger partial charge in [-0.2, -0.15) is 0 Å². The van der Waals surface area contributed by atoms with Gasteiger partial charge in [0.15, 0.2) is 0 Å². The summed E-state index contributed by atoms with van der Waals surface area (Å²) in [5, 5.41) is 0. The van der Waals surface area contributed by atoms with Crippen LogP contribution in [-0.2, 0) is 6.42 Å². The summed E-state index contributed by atoms with van der Waals surface area (Å²) in [5.41, 5.74) is 1.39. The van der Waals surface area contributed by atoms with Gasteiger partial charge in [0.1, 0.15) is 0 Å². The molecule has 78 valence electrons. The van der Waals surface area contributed by atoms with Gasteiger partial charge in [-0.3, -0.25) is 0 Å². The smallest absolute Gasteiger partial charge is 0.0188 e. The minimum absolute atomic E-state index is 0.594. The van der Waals surface area contributed by atoms with Gasteiger partial charge in [0.05, 0.1) is 0 Å². The lowest BCUT2D eigenvalue weighted by molar-refractivity contribution is 0.571. The van der Waals surface area contributed by atoms with E-state index in [1.165, 1.54) is 16.5 Å². The Morgan fingerprint density at radius 3 is 2.57 bits per heavy atom. The SMILES string of the molecule is CC(C)CC(Br)Cc1cccc(Br)c1. The molecule has 0 saturated heterocycles. The minimum Gasteiger partial charge on any atom is -0.0887 e. The summed E-state index contributed by atoms with van der Waals surface area (Å²) in [6.45, 7) is 4.52.